The van der Waals surface area contributed by atoms with Crippen LogP contribution in [0.2, 0.25) is 0 Å². The molecule has 5 aromatic carbocycles. The van der Waals surface area contributed by atoms with Crippen LogP contribution >= 0.6 is 0 Å². The fraction of sp³-hybridized carbons (Fsp3) is 0.262. The van der Waals surface area contributed by atoms with Gasteiger partial charge >= 0.3 is 18.0 Å². The number of aryl methyl sites for hydroxylation is 1. The van der Waals surface area contributed by atoms with Crippen LogP contribution in [0.15, 0.2) is 127 Å². The minimum absolute atomic E-state index is 0.0896. The van der Waals surface area contributed by atoms with Crippen LogP contribution in [-0.4, -0.2) is 47.1 Å². The molecule has 0 bridgehead atoms. The number of nitrogens with zero attached hydrogens (tertiary/aromatic N) is 1. The first-order chi connectivity index (χ1) is 23.7. The first kappa shape index (κ1) is 34.9. The first-order valence-corrected chi connectivity index (χ1v) is 16.9. The fourth-order valence-corrected chi connectivity index (χ4v) is 5.94. The molecule has 0 aromatic heterocycles. The Morgan fingerprint density at radius 1 is 0.694 bits per heavy atom. The summed E-state index contributed by atoms with van der Waals surface area (Å²) >= 11 is 0. The molecule has 49 heavy (non-hydrogen) atoms. The number of hydrogen-bond acceptors (Lipinski definition) is 4. The molecule has 7 nitrogen and oxygen atoms in total. The van der Waals surface area contributed by atoms with Gasteiger partial charge in [-0.1, -0.05) is 135 Å². The van der Waals surface area contributed by atoms with E-state index in [0.29, 0.717) is 19.4 Å². The zero-order valence-corrected chi connectivity index (χ0v) is 28.1. The van der Waals surface area contributed by atoms with Gasteiger partial charge in [-0.05, 0) is 63.4 Å². The molecule has 0 aliphatic carbocycles. The molecule has 0 saturated carbocycles. The quantitative estimate of drug-likeness (QED) is 0.111. The number of amides is 2. The molecule has 0 heterocycles. The molecule has 0 radical (unpaired) electrons. The molecule has 0 unspecified atom stereocenters. The van der Waals surface area contributed by atoms with E-state index in [-0.39, 0.29) is 31.5 Å². The number of fused-ring (bicyclic) bond motifs is 1. The van der Waals surface area contributed by atoms with Gasteiger partial charge < -0.3 is 20.1 Å². The number of rotatable bonds is 15. The lowest BCUT2D eigenvalue weighted by molar-refractivity contribution is -0.150. The van der Waals surface area contributed by atoms with E-state index >= 15 is 0 Å². The van der Waals surface area contributed by atoms with Crippen LogP contribution in [0.25, 0.3) is 21.9 Å². The molecule has 2 atom stereocenters. The van der Waals surface area contributed by atoms with Gasteiger partial charge in [0, 0.05) is 19.5 Å². The maximum Gasteiger partial charge on any atom is 0.326 e. The molecule has 252 valence electrons. The number of hydrogen-bond donors (Lipinski definition) is 2. The largest absolute Gasteiger partial charge is 0.480 e. The number of carboxylic acids is 1. The molecule has 0 fully saturated rings. The van der Waals surface area contributed by atoms with E-state index in [9.17, 15) is 19.5 Å². The van der Waals surface area contributed by atoms with Gasteiger partial charge in [0.1, 0.15) is 12.6 Å². The van der Waals surface area contributed by atoms with Gasteiger partial charge in [-0.3, -0.25) is 4.79 Å². The van der Waals surface area contributed by atoms with Crippen molar-refractivity contribution >= 4 is 28.7 Å². The Labute approximate surface area is 288 Å². The fourth-order valence-electron chi connectivity index (χ4n) is 5.94. The van der Waals surface area contributed by atoms with Crippen molar-refractivity contribution in [1.29, 1.82) is 0 Å². The Balaban J connectivity index is 1.27. The van der Waals surface area contributed by atoms with Crippen LogP contribution < -0.4 is 5.32 Å². The van der Waals surface area contributed by atoms with Gasteiger partial charge in [-0.15, -0.1) is 0 Å². The minimum Gasteiger partial charge on any atom is -0.480 e. The number of carbonyl (C=O) groups excluding carboxylic acids is 2. The molecule has 0 spiro atoms. The third kappa shape index (κ3) is 10.3. The summed E-state index contributed by atoms with van der Waals surface area (Å²) < 4.78 is 5.73. The van der Waals surface area contributed by atoms with Crippen LogP contribution in [0.3, 0.4) is 0 Å². The summed E-state index contributed by atoms with van der Waals surface area (Å²) in [7, 11) is 0. The standard InChI is InChI=1S/C42H44N2O5/c1-30(2)27-44(28-38(22-17-31-11-5-3-6-12-31)41(47)49-29-33-13-7-4-8-14-33)42(48)43-39(40(45)46)25-32-18-20-35(21-19-32)37-24-23-34-15-9-10-16-36(34)26-37/h3-16,18-21,23-24,26,30,38-39H,17,22,25,27-29H2,1-2H3,(H,43,48)(H,45,46)/t38-,39-/m0/s1. The molecular weight excluding hydrogens is 612 g/mol. The van der Waals surface area contributed by atoms with Crippen molar-refractivity contribution in [1.82, 2.24) is 10.2 Å². The average molecular weight is 657 g/mol. The lowest BCUT2D eigenvalue weighted by Gasteiger charge is -2.30. The smallest absolute Gasteiger partial charge is 0.326 e. The number of urea groups is 1. The van der Waals surface area contributed by atoms with Crippen molar-refractivity contribution in [2.45, 2.75) is 45.8 Å². The number of ether oxygens (including phenoxy) is 1. The molecule has 7 heteroatoms. The number of carboxylic acid groups (broad SMARTS) is 1. The maximum absolute atomic E-state index is 13.7. The number of esters is 1. The lowest BCUT2D eigenvalue weighted by Crippen LogP contribution is -2.51. The third-order valence-corrected chi connectivity index (χ3v) is 8.57. The molecule has 0 saturated heterocycles. The SMILES string of the molecule is CC(C)CN(C[C@H](CCc1ccccc1)C(=O)OCc1ccccc1)C(=O)N[C@@H](Cc1ccc(-c2ccc3ccccc3c2)cc1)C(=O)O. The molecule has 0 aliphatic rings. The Bertz CT molecular complexity index is 1820. The summed E-state index contributed by atoms with van der Waals surface area (Å²) in [5.74, 6) is -2.02. The van der Waals surface area contributed by atoms with Crippen LogP contribution in [0.5, 0.6) is 0 Å². The Kier molecular flexibility index (Phi) is 12.2. The van der Waals surface area contributed by atoms with Crippen LogP contribution in [0.4, 0.5) is 4.79 Å². The summed E-state index contributed by atoms with van der Waals surface area (Å²) in [4.78, 5) is 41.2. The van der Waals surface area contributed by atoms with E-state index in [1.165, 1.54) is 5.39 Å². The molecular formula is C42H44N2O5. The Morgan fingerprint density at radius 3 is 1.96 bits per heavy atom. The van der Waals surface area contributed by atoms with E-state index in [1.54, 1.807) is 4.90 Å². The molecule has 0 aliphatic heterocycles. The highest BCUT2D eigenvalue weighted by molar-refractivity contribution is 5.87. The normalized spacial score (nSPS) is 12.3. The van der Waals surface area contributed by atoms with Gasteiger partial charge in [-0.25, -0.2) is 9.59 Å². The predicted octanol–water partition coefficient (Wildman–Crippen LogP) is 8.16. The van der Waals surface area contributed by atoms with Crippen molar-refractivity contribution in [2.24, 2.45) is 11.8 Å². The number of aliphatic carboxylic acids is 1. The van der Waals surface area contributed by atoms with Crippen LogP contribution in [0, 0.1) is 11.8 Å². The van der Waals surface area contributed by atoms with Crippen molar-refractivity contribution in [3.05, 3.63) is 144 Å². The van der Waals surface area contributed by atoms with Gasteiger partial charge in [0.15, 0.2) is 0 Å². The van der Waals surface area contributed by atoms with Gasteiger partial charge in [0.05, 0.1) is 5.92 Å². The van der Waals surface area contributed by atoms with Gasteiger partial charge in [0.25, 0.3) is 0 Å². The number of carbonyl (C=O) groups is 3. The Morgan fingerprint density at radius 2 is 1.31 bits per heavy atom. The van der Waals surface area contributed by atoms with E-state index in [2.05, 4.69) is 35.6 Å². The van der Waals surface area contributed by atoms with Gasteiger partial charge in [0.2, 0.25) is 0 Å². The van der Waals surface area contributed by atoms with Crippen LogP contribution in [-0.2, 0) is 33.8 Å². The second-order valence-corrected chi connectivity index (χ2v) is 12.9. The van der Waals surface area contributed by atoms with Gasteiger partial charge in [-0.2, -0.15) is 0 Å². The summed E-state index contributed by atoms with van der Waals surface area (Å²) in [5.41, 5.74) is 4.85. The Hall–Kier alpha value is -5.43. The van der Waals surface area contributed by atoms with Crippen molar-refractivity contribution in [3.63, 3.8) is 0 Å². The highest BCUT2D eigenvalue weighted by Crippen LogP contribution is 2.25. The predicted molar refractivity (Wildman–Crippen MR) is 194 cm³/mol. The van der Waals surface area contributed by atoms with Crippen molar-refractivity contribution in [3.8, 4) is 11.1 Å². The third-order valence-electron chi connectivity index (χ3n) is 8.57. The molecule has 2 amide bonds. The zero-order valence-electron chi connectivity index (χ0n) is 28.1. The van der Waals surface area contributed by atoms with E-state index in [0.717, 1.165) is 33.2 Å². The maximum atomic E-state index is 13.7. The number of nitrogens with one attached hydrogen (secondary N) is 1. The second-order valence-electron chi connectivity index (χ2n) is 12.9. The summed E-state index contributed by atoms with van der Waals surface area (Å²) in [6.07, 6.45) is 1.23. The molecule has 5 rings (SSSR count). The van der Waals surface area contributed by atoms with Crippen LogP contribution in [0.1, 0.15) is 37.0 Å². The van der Waals surface area contributed by atoms with E-state index < -0.39 is 24.0 Å². The van der Waals surface area contributed by atoms with E-state index in [4.69, 9.17) is 4.74 Å². The van der Waals surface area contributed by atoms with Crippen molar-refractivity contribution < 1.29 is 24.2 Å². The molecule has 5 aromatic rings. The first-order valence-electron chi connectivity index (χ1n) is 16.9. The lowest BCUT2D eigenvalue weighted by atomic mass is 9.98. The highest BCUT2D eigenvalue weighted by atomic mass is 16.5. The number of benzene rings is 5. The summed E-state index contributed by atoms with van der Waals surface area (Å²) in [6.45, 7) is 4.57. The topological polar surface area (TPSA) is 95.9 Å². The summed E-state index contributed by atoms with van der Waals surface area (Å²) in [5, 5.41) is 15.2. The average Bonchev–Trinajstić information content (AvgIpc) is 3.12. The monoisotopic (exact) mass is 656 g/mol. The van der Waals surface area contributed by atoms with E-state index in [1.807, 2.05) is 111 Å². The molecule has 2 N–H and O–H groups in total. The van der Waals surface area contributed by atoms with Crippen molar-refractivity contribution in [2.75, 3.05) is 13.1 Å². The highest BCUT2D eigenvalue weighted by Gasteiger charge is 2.29. The minimum atomic E-state index is -1.15. The zero-order chi connectivity index (χ0) is 34.6. The second kappa shape index (κ2) is 17.1. The summed E-state index contributed by atoms with van der Waals surface area (Å²) in [6, 6.07) is 39.9.